The molecular weight excluding hydrogens is 352 g/mol. The Morgan fingerprint density at radius 3 is 2.34 bits per heavy atom. The summed E-state index contributed by atoms with van der Waals surface area (Å²) in [6.07, 6.45) is 17.8. The quantitative estimate of drug-likeness (QED) is 0.489. The molecule has 29 heavy (non-hydrogen) atoms. The van der Waals surface area contributed by atoms with E-state index >= 15 is 0 Å². The molecule has 0 aromatic heterocycles. The van der Waals surface area contributed by atoms with Crippen molar-refractivity contribution in [2.45, 2.75) is 99.0 Å². The number of hydrogen-bond donors (Lipinski definition) is 1. The largest absolute Gasteiger partial charge is 0.393 e. The van der Waals surface area contributed by atoms with Gasteiger partial charge in [0.25, 0.3) is 0 Å². The molecule has 0 bridgehead atoms. The highest BCUT2D eigenvalue weighted by Crippen LogP contribution is 2.66. The van der Waals surface area contributed by atoms with Crippen molar-refractivity contribution in [3.63, 3.8) is 0 Å². The van der Waals surface area contributed by atoms with Gasteiger partial charge in [0, 0.05) is 0 Å². The molecule has 0 aromatic rings. The van der Waals surface area contributed by atoms with Gasteiger partial charge in [-0.3, -0.25) is 0 Å². The van der Waals surface area contributed by atoms with Gasteiger partial charge in [-0.15, -0.1) is 0 Å². The Kier molecular flexibility index (Phi) is 5.86. The zero-order valence-electron chi connectivity index (χ0n) is 20.0. The minimum absolute atomic E-state index is 0.0476. The second kappa shape index (κ2) is 7.85. The van der Waals surface area contributed by atoms with Gasteiger partial charge in [0.05, 0.1) is 6.10 Å². The SMILES string of the molecule is CC(C)C(C)C=CC(C)[C@H]1CCC2C3=CCC4C[C@@H](O)CC[C@]4(C)C3CC[C@@]21C. The minimum atomic E-state index is -0.0476. The lowest BCUT2D eigenvalue weighted by Gasteiger charge is -2.57. The van der Waals surface area contributed by atoms with Crippen molar-refractivity contribution in [1.82, 2.24) is 0 Å². The Morgan fingerprint density at radius 1 is 0.931 bits per heavy atom. The van der Waals surface area contributed by atoms with Crippen LogP contribution in [0.2, 0.25) is 0 Å². The maximum atomic E-state index is 10.2. The Morgan fingerprint density at radius 2 is 1.62 bits per heavy atom. The van der Waals surface area contributed by atoms with Gasteiger partial charge in [-0.25, -0.2) is 0 Å². The summed E-state index contributed by atoms with van der Waals surface area (Å²) in [5, 5.41) is 10.2. The van der Waals surface area contributed by atoms with Crippen LogP contribution in [0, 0.1) is 52.3 Å². The summed E-state index contributed by atoms with van der Waals surface area (Å²) < 4.78 is 0. The zero-order valence-corrected chi connectivity index (χ0v) is 20.0. The number of fused-ring (bicyclic) bond motifs is 5. The summed E-state index contributed by atoms with van der Waals surface area (Å²) in [7, 11) is 0. The van der Waals surface area contributed by atoms with Crippen molar-refractivity contribution < 1.29 is 5.11 Å². The monoisotopic (exact) mass is 398 g/mol. The Labute approximate surface area is 180 Å². The molecule has 3 fully saturated rings. The molecule has 0 radical (unpaired) electrons. The average molecular weight is 399 g/mol. The molecule has 4 aliphatic rings. The summed E-state index contributed by atoms with van der Waals surface area (Å²) >= 11 is 0. The maximum absolute atomic E-state index is 10.2. The van der Waals surface area contributed by atoms with Gasteiger partial charge < -0.3 is 5.11 Å². The highest BCUT2D eigenvalue weighted by molar-refractivity contribution is 5.28. The van der Waals surface area contributed by atoms with E-state index in [4.69, 9.17) is 0 Å². The van der Waals surface area contributed by atoms with Gasteiger partial charge in [-0.05, 0) is 104 Å². The third-order valence-electron chi connectivity index (χ3n) is 10.5. The van der Waals surface area contributed by atoms with Crippen molar-refractivity contribution in [1.29, 1.82) is 0 Å². The smallest absolute Gasteiger partial charge is 0.0543 e. The van der Waals surface area contributed by atoms with Gasteiger partial charge in [-0.2, -0.15) is 0 Å². The van der Waals surface area contributed by atoms with Crippen molar-refractivity contribution in [2.24, 2.45) is 52.3 Å². The van der Waals surface area contributed by atoms with E-state index in [0.29, 0.717) is 28.6 Å². The lowest BCUT2D eigenvalue weighted by molar-refractivity contribution is -0.0414. The molecule has 4 rings (SSSR count). The molecule has 0 heterocycles. The first kappa shape index (κ1) is 21.7. The maximum Gasteiger partial charge on any atom is 0.0543 e. The number of allylic oxidation sites excluding steroid dienone is 4. The van der Waals surface area contributed by atoms with Crippen LogP contribution in [-0.2, 0) is 0 Å². The molecule has 1 N–H and O–H groups in total. The molecule has 0 spiro atoms. The standard InChI is InChI=1S/C28H46O/c1-18(2)19(3)7-8-20(4)24-11-12-25-23-10-9-21-17-22(29)13-15-27(21,5)26(23)14-16-28(24,25)6/h7-8,10,18-22,24-26,29H,9,11-17H2,1-6H3/t19?,20?,21?,22-,24+,25?,26?,27-,28+/m0/s1. The fourth-order valence-electron chi connectivity index (χ4n) is 8.10. The van der Waals surface area contributed by atoms with Crippen LogP contribution in [-0.4, -0.2) is 11.2 Å². The van der Waals surface area contributed by atoms with Crippen molar-refractivity contribution >= 4 is 0 Å². The molecule has 0 aromatic carbocycles. The Bertz CT molecular complexity index is 659. The van der Waals surface area contributed by atoms with Gasteiger partial charge in [0.15, 0.2) is 0 Å². The van der Waals surface area contributed by atoms with Gasteiger partial charge >= 0.3 is 0 Å². The van der Waals surface area contributed by atoms with E-state index in [1.165, 1.54) is 38.5 Å². The van der Waals surface area contributed by atoms with Gasteiger partial charge in [-0.1, -0.05) is 65.3 Å². The summed E-state index contributed by atoms with van der Waals surface area (Å²) in [6, 6.07) is 0. The summed E-state index contributed by atoms with van der Waals surface area (Å²) in [5.41, 5.74) is 2.79. The fourth-order valence-corrected chi connectivity index (χ4v) is 8.10. The molecular formula is C28H46O. The molecule has 9 atom stereocenters. The Balaban J connectivity index is 1.54. The van der Waals surface area contributed by atoms with Crippen LogP contribution in [0.4, 0.5) is 0 Å². The molecule has 5 unspecified atom stereocenters. The molecule has 164 valence electrons. The Hall–Kier alpha value is -0.560. The lowest BCUT2D eigenvalue weighted by atomic mass is 9.47. The fraction of sp³-hybridized carbons (Fsp3) is 0.857. The highest BCUT2D eigenvalue weighted by Gasteiger charge is 2.57. The van der Waals surface area contributed by atoms with E-state index in [0.717, 1.165) is 36.5 Å². The molecule has 0 aliphatic heterocycles. The van der Waals surface area contributed by atoms with Crippen LogP contribution in [0.1, 0.15) is 92.9 Å². The molecule has 0 amide bonds. The highest BCUT2D eigenvalue weighted by atomic mass is 16.3. The summed E-state index contributed by atoms with van der Waals surface area (Å²) in [5.74, 6) is 5.25. The van der Waals surface area contributed by atoms with E-state index in [2.05, 4.69) is 59.8 Å². The second-order valence-corrected chi connectivity index (χ2v) is 12.3. The van der Waals surface area contributed by atoms with Crippen molar-refractivity contribution in [2.75, 3.05) is 0 Å². The average Bonchev–Trinajstić information content (AvgIpc) is 3.03. The van der Waals surface area contributed by atoms with E-state index in [1.807, 2.05) is 5.57 Å². The first-order valence-electron chi connectivity index (χ1n) is 12.7. The van der Waals surface area contributed by atoms with Crippen LogP contribution in [0.25, 0.3) is 0 Å². The zero-order chi connectivity index (χ0) is 21.0. The van der Waals surface area contributed by atoms with Crippen molar-refractivity contribution in [3.8, 4) is 0 Å². The first-order chi connectivity index (χ1) is 13.7. The lowest BCUT2D eigenvalue weighted by Crippen LogP contribution is -2.49. The summed E-state index contributed by atoms with van der Waals surface area (Å²) in [4.78, 5) is 0. The van der Waals surface area contributed by atoms with Gasteiger partial charge in [0.2, 0.25) is 0 Å². The molecule has 1 heteroatoms. The normalized spacial score (nSPS) is 46.8. The van der Waals surface area contributed by atoms with Crippen LogP contribution in [0.5, 0.6) is 0 Å². The van der Waals surface area contributed by atoms with Crippen LogP contribution in [0.3, 0.4) is 0 Å². The van der Waals surface area contributed by atoms with Crippen LogP contribution >= 0.6 is 0 Å². The summed E-state index contributed by atoms with van der Waals surface area (Å²) in [6.45, 7) is 14.7. The van der Waals surface area contributed by atoms with Crippen LogP contribution < -0.4 is 0 Å². The van der Waals surface area contributed by atoms with E-state index in [9.17, 15) is 5.11 Å². The third kappa shape index (κ3) is 3.58. The van der Waals surface area contributed by atoms with E-state index in [-0.39, 0.29) is 6.10 Å². The topological polar surface area (TPSA) is 20.2 Å². The van der Waals surface area contributed by atoms with E-state index < -0.39 is 0 Å². The predicted octanol–water partition coefficient (Wildman–Crippen LogP) is 7.41. The van der Waals surface area contributed by atoms with Gasteiger partial charge in [0.1, 0.15) is 0 Å². The number of hydrogen-bond acceptors (Lipinski definition) is 1. The molecule has 4 aliphatic carbocycles. The third-order valence-corrected chi connectivity index (χ3v) is 10.5. The number of rotatable bonds is 4. The number of aliphatic hydroxyl groups is 1. The molecule has 3 saturated carbocycles. The van der Waals surface area contributed by atoms with E-state index in [1.54, 1.807) is 0 Å². The number of aliphatic hydroxyl groups excluding tert-OH is 1. The predicted molar refractivity (Wildman–Crippen MR) is 124 cm³/mol. The minimum Gasteiger partial charge on any atom is -0.393 e. The second-order valence-electron chi connectivity index (χ2n) is 12.3. The van der Waals surface area contributed by atoms with Crippen LogP contribution in [0.15, 0.2) is 23.8 Å². The van der Waals surface area contributed by atoms with Crippen molar-refractivity contribution in [3.05, 3.63) is 23.8 Å². The molecule has 0 saturated heterocycles. The first-order valence-corrected chi connectivity index (χ1v) is 12.7. The molecule has 1 nitrogen and oxygen atoms in total.